The van der Waals surface area contributed by atoms with E-state index in [1.165, 1.54) is 6.07 Å². The Morgan fingerprint density at radius 3 is 2.44 bits per heavy atom. The number of nitrogens with zero attached hydrogens (tertiary/aromatic N) is 2. The quantitative estimate of drug-likeness (QED) is 0.829. The van der Waals surface area contributed by atoms with Gasteiger partial charge >= 0.3 is 0 Å². The van der Waals surface area contributed by atoms with Gasteiger partial charge in [-0.15, -0.1) is 0 Å². The summed E-state index contributed by atoms with van der Waals surface area (Å²) in [4.78, 5) is 16.5. The molecule has 0 saturated carbocycles. The molecular formula is C19H21BrFN3O. The van der Waals surface area contributed by atoms with Crippen LogP contribution in [0.25, 0.3) is 0 Å². The van der Waals surface area contributed by atoms with Gasteiger partial charge in [0.05, 0.1) is 11.3 Å². The lowest BCUT2D eigenvalue weighted by molar-refractivity contribution is 0.0947. The number of halogens is 2. The molecule has 1 aliphatic rings. The highest BCUT2D eigenvalue weighted by Gasteiger charge is 2.19. The Hall–Kier alpha value is -1.92. The van der Waals surface area contributed by atoms with E-state index in [0.717, 1.165) is 37.2 Å². The van der Waals surface area contributed by atoms with Gasteiger partial charge in [0.1, 0.15) is 5.82 Å². The van der Waals surface area contributed by atoms with Gasteiger partial charge in [0, 0.05) is 43.7 Å². The fourth-order valence-corrected chi connectivity index (χ4v) is 3.45. The number of nitrogens with one attached hydrogen (secondary N) is 1. The predicted octanol–water partition coefficient (Wildman–Crippen LogP) is 3.14. The molecule has 1 N–H and O–H groups in total. The van der Waals surface area contributed by atoms with Crippen LogP contribution in [-0.4, -0.2) is 50.1 Å². The molecule has 1 fully saturated rings. The van der Waals surface area contributed by atoms with E-state index in [2.05, 4.69) is 31.0 Å². The highest BCUT2D eigenvalue weighted by Crippen LogP contribution is 2.20. The average molecular weight is 406 g/mol. The largest absolute Gasteiger partial charge is 0.367 e. The van der Waals surface area contributed by atoms with Crippen molar-refractivity contribution < 1.29 is 9.18 Å². The van der Waals surface area contributed by atoms with Crippen LogP contribution in [-0.2, 0) is 0 Å². The monoisotopic (exact) mass is 405 g/mol. The first-order chi connectivity index (χ1) is 12.1. The molecule has 0 unspecified atom stereocenters. The maximum atomic E-state index is 13.8. The van der Waals surface area contributed by atoms with Crippen LogP contribution in [0.2, 0.25) is 0 Å². The van der Waals surface area contributed by atoms with Crippen molar-refractivity contribution >= 4 is 27.5 Å². The number of carbonyl (C=O) groups excluding carboxylic acids is 1. The van der Waals surface area contributed by atoms with E-state index in [9.17, 15) is 9.18 Å². The summed E-state index contributed by atoms with van der Waals surface area (Å²) >= 11 is 3.39. The normalized spacial score (nSPS) is 15.2. The van der Waals surface area contributed by atoms with Gasteiger partial charge in [0.15, 0.2) is 0 Å². The summed E-state index contributed by atoms with van der Waals surface area (Å²) in [5.74, 6) is -0.242. The van der Waals surface area contributed by atoms with E-state index in [1.54, 1.807) is 12.1 Å². The van der Waals surface area contributed by atoms with E-state index >= 15 is 0 Å². The number of hydrogen-bond donors (Lipinski definition) is 1. The molecular weight excluding hydrogens is 385 g/mol. The first kappa shape index (κ1) is 17.9. The van der Waals surface area contributed by atoms with Crippen LogP contribution in [0.5, 0.6) is 0 Å². The molecule has 4 nitrogen and oxygen atoms in total. The van der Waals surface area contributed by atoms with Gasteiger partial charge in [0.2, 0.25) is 0 Å². The summed E-state index contributed by atoms with van der Waals surface area (Å²) in [7, 11) is 0. The van der Waals surface area contributed by atoms with Crippen LogP contribution in [0.15, 0.2) is 53.0 Å². The van der Waals surface area contributed by atoms with Gasteiger partial charge in [-0.05, 0) is 40.2 Å². The third-order valence-corrected chi connectivity index (χ3v) is 5.09. The van der Waals surface area contributed by atoms with Gasteiger partial charge in [0.25, 0.3) is 5.91 Å². The van der Waals surface area contributed by atoms with Crippen molar-refractivity contribution in [2.75, 3.05) is 44.2 Å². The Bertz CT molecular complexity index is 732. The number of amides is 1. The molecule has 1 heterocycles. The Morgan fingerprint density at radius 1 is 1.04 bits per heavy atom. The number of benzene rings is 2. The number of para-hydroxylation sites is 1. The number of hydrogen-bond acceptors (Lipinski definition) is 3. The van der Waals surface area contributed by atoms with Crippen molar-refractivity contribution in [3.05, 3.63) is 64.4 Å². The van der Waals surface area contributed by atoms with Crippen LogP contribution in [0.4, 0.5) is 10.1 Å². The van der Waals surface area contributed by atoms with Crippen LogP contribution < -0.4 is 10.2 Å². The molecule has 2 aromatic carbocycles. The zero-order valence-corrected chi connectivity index (χ0v) is 15.5. The van der Waals surface area contributed by atoms with Crippen molar-refractivity contribution in [3.63, 3.8) is 0 Å². The van der Waals surface area contributed by atoms with E-state index in [-0.39, 0.29) is 11.7 Å². The molecule has 2 aromatic rings. The lowest BCUT2D eigenvalue weighted by Gasteiger charge is -2.36. The van der Waals surface area contributed by atoms with Crippen LogP contribution in [0.3, 0.4) is 0 Å². The lowest BCUT2D eigenvalue weighted by Crippen LogP contribution is -2.48. The number of rotatable bonds is 5. The van der Waals surface area contributed by atoms with Gasteiger partial charge < -0.3 is 10.2 Å². The Kier molecular flexibility index (Phi) is 6.04. The minimum atomic E-state index is -0.170. The van der Waals surface area contributed by atoms with Gasteiger partial charge in [-0.25, -0.2) is 4.39 Å². The summed E-state index contributed by atoms with van der Waals surface area (Å²) in [6.07, 6.45) is 0. The van der Waals surface area contributed by atoms with Crippen molar-refractivity contribution in [2.24, 2.45) is 0 Å². The van der Waals surface area contributed by atoms with Gasteiger partial charge in [-0.1, -0.05) is 24.3 Å². The van der Waals surface area contributed by atoms with Gasteiger partial charge in [-0.2, -0.15) is 0 Å². The van der Waals surface area contributed by atoms with Crippen molar-refractivity contribution in [1.29, 1.82) is 0 Å². The minimum Gasteiger partial charge on any atom is -0.367 e. The molecule has 1 amide bonds. The van der Waals surface area contributed by atoms with Crippen molar-refractivity contribution in [1.82, 2.24) is 10.2 Å². The zero-order chi connectivity index (χ0) is 17.6. The second-order valence-electron chi connectivity index (χ2n) is 6.02. The molecule has 3 rings (SSSR count). The fraction of sp³-hybridized carbons (Fsp3) is 0.316. The van der Waals surface area contributed by atoms with E-state index < -0.39 is 0 Å². The molecule has 132 valence electrons. The number of carbonyl (C=O) groups is 1. The second kappa shape index (κ2) is 8.45. The fourth-order valence-electron chi connectivity index (χ4n) is 2.99. The molecule has 0 aromatic heterocycles. The SMILES string of the molecule is O=C(NCCN1CCN(c2ccccc2F)CC1)c1ccccc1Br. The lowest BCUT2D eigenvalue weighted by atomic mass is 10.2. The molecule has 6 heteroatoms. The summed E-state index contributed by atoms with van der Waals surface area (Å²) in [5.41, 5.74) is 1.32. The highest BCUT2D eigenvalue weighted by atomic mass is 79.9. The zero-order valence-electron chi connectivity index (χ0n) is 13.9. The summed E-state index contributed by atoms with van der Waals surface area (Å²) < 4.78 is 14.6. The standard InChI is InChI=1S/C19H21BrFN3O/c20-16-6-2-1-5-15(16)19(25)22-9-10-23-11-13-24(14-12-23)18-8-4-3-7-17(18)21/h1-8H,9-14H2,(H,22,25). The Morgan fingerprint density at radius 2 is 1.72 bits per heavy atom. The van der Waals surface area contributed by atoms with Gasteiger partial charge in [-0.3, -0.25) is 9.69 Å². The molecule has 1 aliphatic heterocycles. The third-order valence-electron chi connectivity index (χ3n) is 4.40. The summed E-state index contributed by atoms with van der Waals surface area (Å²) in [6.45, 7) is 4.69. The predicted molar refractivity (Wildman–Crippen MR) is 102 cm³/mol. The molecule has 0 radical (unpaired) electrons. The maximum Gasteiger partial charge on any atom is 0.252 e. The van der Waals surface area contributed by atoms with Crippen LogP contribution in [0, 0.1) is 5.82 Å². The second-order valence-corrected chi connectivity index (χ2v) is 6.87. The Balaban J connectivity index is 1.43. The molecule has 0 bridgehead atoms. The molecule has 0 aliphatic carbocycles. The molecule has 1 saturated heterocycles. The molecule has 25 heavy (non-hydrogen) atoms. The van der Waals surface area contributed by atoms with Crippen molar-refractivity contribution in [3.8, 4) is 0 Å². The maximum absolute atomic E-state index is 13.8. The highest BCUT2D eigenvalue weighted by molar-refractivity contribution is 9.10. The molecule has 0 atom stereocenters. The minimum absolute atomic E-state index is 0.0718. The molecule has 0 spiro atoms. The van der Waals surface area contributed by atoms with E-state index in [0.29, 0.717) is 17.8 Å². The summed E-state index contributed by atoms with van der Waals surface area (Å²) in [5, 5.41) is 2.95. The van der Waals surface area contributed by atoms with E-state index in [1.807, 2.05) is 30.3 Å². The number of anilines is 1. The summed E-state index contributed by atoms with van der Waals surface area (Å²) in [6, 6.07) is 14.3. The smallest absolute Gasteiger partial charge is 0.252 e. The van der Waals surface area contributed by atoms with Crippen molar-refractivity contribution in [2.45, 2.75) is 0 Å². The first-order valence-electron chi connectivity index (χ1n) is 8.40. The average Bonchev–Trinajstić information content (AvgIpc) is 2.63. The first-order valence-corrected chi connectivity index (χ1v) is 9.19. The third kappa shape index (κ3) is 4.58. The topological polar surface area (TPSA) is 35.6 Å². The van der Waals surface area contributed by atoms with Crippen LogP contribution in [0.1, 0.15) is 10.4 Å². The van der Waals surface area contributed by atoms with Crippen LogP contribution >= 0.6 is 15.9 Å². The van der Waals surface area contributed by atoms with E-state index in [4.69, 9.17) is 0 Å². The number of piperazine rings is 1. The Labute approximate surface area is 155 Å².